The molecule has 2 aromatic rings. The number of nitrogens with one attached hydrogen (secondary N) is 1. The number of para-hydroxylation sites is 2. The fraction of sp³-hybridized carbons (Fsp3) is 0.0909. The van der Waals surface area contributed by atoms with Gasteiger partial charge in [-0.25, -0.2) is 10.5 Å². The van der Waals surface area contributed by atoms with E-state index in [0.717, 1.165) is 0 Å². The zero-order chi connectivity index (χ0) is 13.0. The summed E-state index contributed by atoms with van der Waals surface area (Å²) in [7, 11) is 0. The number of aromatic nitrogens is 2. The van der Waals surface area contributed by atoms with Crippen LogP contribution in [0.4, 0.5) is 0 Å². The number of nitrogens with zero attached hydrogens (tertiary/aromatic N) is 2. The third-order valence-electron chi connectivity index (χ3n) is 2.06. The zero-order valence-corrected chi connectivity index (χ0v) is 9.29. The van der Waals surface area contributed by atoms with E-state index in [0.29, 0.717) is 11.0 Å². The highest BCUT2D eigenvalue weighted by molar-refractivity contribution is 5.93. The molecule has 2 amide bonds. The Labute approximate surface area is 102 Å². The first kappa shape index (κ1) is 11.9. The van der Waals surface area contributed by atoms with Gasteiger partial charge >= 0.3 is 0 Å². The largest absolute Gasteiger partial charge is 0.368 e. The van der Waals surface area contributed by atoms with Gasteiger partial charge in [-0.3, -0.25) is 19.4 Å². The molecule has 18 heavy (non-hydrogen) atoms. The van der Waals surface area contributed by atoms with E-state index in [1.807, 2.05) is 6.07 Å². The maximum absolute atomic E-state index is 11.6. The number of hydrogen-bond acceptors (Lipinski definition) is 5. The molecule has 7 heteroatoms. The molecule has 92 valence electrons. The van der Waals surface area contributed by atoms with Crippen LogP contribution in [0.3, 0.4) is 0 Å². The van der Waals surface area contributed by atoms with Crippen molar-refractivity contribution in [3.05, 3.63) is 36.2 Å². The third-order valence-corrected chi connectivity index (χ3v) is 2.06. The normalized spacial score (nSPS) is 10.2. The molecule has 0 spiro atoms. The summed E-state index contributed by atoms with van der Waals surface area (Å²) < 4.78 is 0. The van der Waals surface area contributed by atoms with Gasteiger partial charge in [0.25, 0.3) is 5.91 Å². The van der Waals surface area contributed by atoms with Gasteiger partial charge in [-0.15, -0.1) is 0 Å². The topological polar surface area (TPSA) is 107 Å². The zero-order valence-electron chi connectivity index (χ0n) is 9.29. The first-order chi connectivity index (χ1) is 8.66. The van der Waals surface area contributed by atoms with Crippen molar-refractivity contribution < 1.29 is 14.4 Å². The number of benzene rings is 1. The van der Waals surface area contributed by atoms with Crippen molar-refractivity contribution in [3.63, 3.8) is 0 Å². The second-order valence-corrected chi connectivity index (χ2v) is 3.43. The molecule has 0 radical (unpaired) electrons. The van der Waals surface area contributed by atoms with Crippen molar-refractivity contribution in [2.24, 2.45) is 5.73 Å². The van der Waals surface area contributed by atoms with Crippen molar-refractivity contribution in [1.29, 1.82) is 0 Å². The molecular weight excluding hydrogens is 236 g/mol. The second-order valence-electron chi connectivity index (χ2n) is 3.43. The second kappa shape index (κ2) is 5.19. The molecule has 0 unspecified atom stereocenters. The molecule has 0 atom stereocenters. The van der Waals surface area contributed by atoms with Crippen molar-refractivity contribution in [2.75, 3.05) is 6.61 Å². The molecule has 0 fully saturated rings. The Morgan fingerprint density at radius 2 is 2.00 bits per heavy atom. The lowest BCUT2D eigenvalue weighted by Crippen LogP contribution is -2.29. The molecular formula is C11H10N4O3. The van der Waals surface area contributed by atoms with Crippen LogP contribution in [-0.2, 0) is 9.63 Å². The van der Waals surface area contributed by atoms with Crippen LogP contribution in [0.1, 0.15) is 10.5 Å². The van der Waals surface area contributed by atoms with Crippen molar-refractivity contribution in [2.45, 2.75) is 0 Å². The van der Waals surface area contributed by atoms with Gasteiger partial charge in [-0.2, -0.15) is 0 Å². The summed E-state index contributed by atoms with van der Waals surface area (Å²) in [6, 6.07) is 7.14. The standard InChI is InChI=1S/C11H10N4O3/c12-10(16)6-18-15-11(17)9-5-13-7-3-1-2-4-8(7)14-9/h1-5H,6H2,(H2,12,16)(H,15,17). The number of nitrogens with two attached hydrogens (primary N) is 1. The highest BCUT2D eigenvalue weighted by atomic mass is 16.7. The fourth-order valence-electron chi connectivity index (χ4n) is 1.29. The van der Waals surface area contributed by atoms with E-state index in [1.54, 1.807) is 18.2 Å². The summed E-state index contributed by atoms with van der Waals surface area (Å²) in [6.07, 6.45) is 1.32. The molecule has 7 nitrogen and oxygen atoms in total. The molecule has 1 aromatic heterocycles. The SMILES string of the molecule is NC(=O)CONC(=O)c1cnc2ccccc2n1. The van der Waals surface area contributed by atoms with E-state index in [4.69, 9.17) is 5.73 Å². The first-order valence-corrected chi connectivity index (χ1v) is 5.09. The van der Waals surface area contributed by atoms with Gasteiger partial charge in [-0.05, 0) is 12.1 Å². The minimum Gasteiger partial charge on any atom is -0.368 e. The molecule has 2 rings (SSSR count). The number of primary amides is 1. The van der Waals surface area contributed by atoms with Crippen LogP contribution in [0.5, 0.6) is 0 Å². The van der Waals surface area contributed by atoms with E-state index in [9.17, 15) is 9.59 Å². The van der Waals surface area contributed by atoms with E-state index < -0.39 is 18.4 Å². The number of amides is 2. The summed E-state index contributed by atoms with van der Waals surface area (Å²) in [5, 5.41) is 0. The Balaban J connectivity index is 2.10. The van der Waals surface area contributed by atoms with Crippen LogP contribution in [-0.4, -0.2) is 28.4 Å². The lowest BCUT2D eigenvalue weighted by molar-refractivity contribution is -0.124. The number of fused-ring (bicyclic) bond motifs is 1. The molecule has 0 aliphatic rings. The predicted molar refractivity (Wildman–Crippen MR) is 62.2 cm³/mol. The maximum Gasteiger partial charge on any atom is 0.295 e. The Kier molecular flexibility index (Phi) is 3.44. The Morgan fingerprint density at radius 3 is 2.72 bits per heavy atom. The van der Waals surface area contributed by atoms with Gasteiger partial charge < -0.3 is 5.73 Å². The van der Waals surface area contributed by atoms with E-state index >= 15 is 0 Å². The quantitative estimate of drug-likeness (QED) is 0.725. The van der Waals surface area contributed by atoms with Crippen LogP contribution in [0, 0.1) is 0 Å². The van der Waals surface area contributed by atoms with Crippen LogP contribution in [0.25, 0.3) is 11.0 Å². The smallest absolute Gasteiger partial charge is 0.295 e. The Hall–Kier alpha value is -2.54. The summed E-state index contributed by atoms with van der Waals surface area (Å²) in [5.41, 5.74) is 8.28. The summed E-state index contributed by atoms with van der Waals surface area (Å²) in [6.45, 7) is -0.396. The van der Waals surface area contributed by atoms with Crippen LogP contribution >= 0.6 is 0 Å². The predicted octanol–water partition coefficient (Wildman–Crippen LogP) is -0.223. The minimum atomic E-state index is -0.681. The van der Waals surface area contributed by atoms with Gasteiger partial charge in [0.1, 0.15) is 5.69 Å². The summed E-state index contributed by atoms with van der Waals surface area (Å²) >= 11 is 0. The molecule has 0 aliphatic heterocycles. The summed E-state index contributed by atoms with van der Waals surface area (Å²) in [4.78, 5) is 34.7. The molecule has 1 aromatic carbocycles. The lowest BCUT2D eigenvalue weighted by atomic mass is 10.3. The highest BCUT2D eigenvalue weighted by Crippen LogP contribution is 2.08. The van der Waals surface area contributed by atoms with Gasteiger partial charge in [-0.1, -0.05) is 12.1 Å². The van der Waals surface area contributed by atoms with Crippen molar-refractivity contribution in [3.8, 4) is 0 Å². The van der Waals surface area contributed by atoms with Crippen LogP contribution in [0.2, 0.25) is 0 Å². The average Bonchev–Trinajstić information content (AvgIpc) is 2.37. The van der Waals surface area contributed by atoms with E-state index in [1.165, 1.54) is 6.20 Å². The summed E-state index contributed by atoms with van der Waals surface area (Å²) in [5.74, 6) is -1.27. The number of rotatable bonds is 4. The van der Waals surface area contributed by atoms with E-state index in [-0.39, 0.29) is 5.69 Å². The lowest BCUT2D eigenvalue weighted by Gasteiger charge is -2.04. The highest BCUT2D eigenvalue weighted by Gasteiger charge is 2.09. The number of carbonyl (C=O) groups excluding carboxylic acids is 2. The van der Waals surface area contributed by atoms with E-state index in [2.05, 4.69) is 20.3 Å². The number of carbonyl (C=O) groups is 2. The van der Waals surface area contributed by atoms with Gasteiger partial charge in [0.2, 0.25) is 5.91 Å². The maximum atomic E-state index is 11.6. The molecule has 0 bridgehead atoms. The van der Waals surface area contributed by atoms with Crippen LogP contribution < -0.4 is 11.2 Å². The minimum absolute atomic E-state index is 0.0955. The van der Waals surface area contributed by atoms with Gasteiger partial charge in [0, 0.05) is 0 Å². The van der Waals surface area contributed by atoms with Crippen LogP contribution in [0.15, 0.2) is 30.5 Å². The molecule has 0 saturated heterocycles. The van der Waals surface area contributed by atoms with Crippen molar-refractivity contribution in [1.82, 2.24) is 15.4 Å². The van der Waals surface area contributed by atoms with Crippen molar-refractivity contribution >= 4 is 22.8 Å². The average molecular weight is 246 g/mol. The molecule has 3 N–H and O–H groups in total. The number of hydrogen-bond donors (Lipinski definition) is 2. The fourth-order valence-corrected chi connectivity index (χ4v) is 1.29. The third kappa shape index (κ3) is 2.77. The number of hydroxylamine groups is 1. The first-order valence-electron chi connectivity index (χ1n) is 5.09. The monoisotopic (exact) mass is 246 g/mol. The molecule has 0 saturated carbocycles. The molecule has 0 aliphatic carbocycles. The molecule has 1 heterocycles. The van der Waals surface area contributed by atoms with Gasteiger partial charge in [0.05, 0.1) is 17.2 Å². The van der Waals surface area contributed by atoms with Gasteiger partial charge in [0.15, 0.2) is 6.61 Å². The Bertz CT molecular complexity index is 600. The Morgan fingerprint density at radius 1 is 1.28 bits per heavy atom.